The normalized spacial score (nSPS) is 12.5. The van der Waals surface area contributed by atoms with Gasteiger partial charge in [0.15, 0.2) is 5.65 Å². The van der Waals surface area contributed by atoms with Crippen LogP contribution in [0.25, 0.3) is 53.8 Å². The van der Waals surface area contributed by atoms with Crippen molar-refractivity contribution in [3.8, 4) is 21.7 Å². The zero-order chi connectivity index (χ0) is 27.5. The van der Waals surface area contributed by atoms with Gasteiger partial charge < -0.3 is 10.2 Å². The summed E-state index contributed by atoms with van der Waals surface area (Å²) in [6.07, 6.45) is 1.34. The monoisotopic (exact) mass is 551 g/mol. The summed E-state index contributed by atoms with van der Waals surface area (Å²) in [5.74, 6) is -0.831. The molecule has 0 saturated heterocycles. The summed E-state index contributed by atoms with van der Waals surface area (Å²) in [5, 5.41) is 6.32. The van der Waals surface area contributed by atoms with Crippen LogP contribution in [0.3, 0.4) is 0 Å². The van der Waals surface area contributed by atoms with E-state index < -0.39 is 23.1 Å². The van der Waals surface area contributed by atoms with Gasteiger partial charge >= 0.3 is 0 Å². The van der Waals surface area contributed by atoms with Crippen LogP contribution in [0.5, 0.6) is 0 Å². The Kier molecular flexibility index (Phi) is 5.46. The molecule has 10 heteroatoms. The first-order valence-electron chi connectivity index (χ1n) is 12.4. The van der Waals surface area contributed by atoms with E-state index in [2.05, 4.69) is 9.97 Å². The van der Waals surface area contributed by atoms with E-state index in [0.29, 0.717) is 16.7 Å². The number of aromatic nitrogens is 4. The lowest BCUT2D eigenvalue weighted by molar-refractivity contribution is 0.445. The van der Waals surface area contributed by atoms with E-state index in [1.54, 1.807) is 29.0 Å². The van der Waals surface area contributed by atoms with Crippen molar-refractivity contribution in [2.45, 2.75) is 13.0 Å². The molecule has 1 atom stereocenters. The molecule has 0 aliphatic heterocycles. The number of fused-ring (bicyclic) bond motifs is 3. The van der Waals surface area contributed by atoms with Crippen LogP contribution in [0.1, 0.15) is 18.7 Å². The largest absolute Gasteiger partial charge is 0.458 e. The number of rotatable bonds is 4. The minimum atomic E-state index is -0.724. The Hall–Kier alpha value is -4.96. The molecule has 0 bridgehead atoms. The number of thiophene rings is 1. The smallest absolute Gasteiger partial charge is 0.203 e. The molecule has 0 radical (unpaired) electrons. The second kappa shape index (κ2) is 9.06. The van der Waals surface area contributed by atoms with Crippen LogP contribution in [0.4, 0.5) is 14.6 Å². The van der Waals surface area contributed by atoms with Crippen LogP contribution in [-0.4, -0.2) is 19.7 Å². The number of anilines is 1. The first kappa shape index (κ1) is 24.1. The molecule has 0 aliphatic rings. The SMILES string of the molecule is CC(c1oc2cccc(F)c2c(=O)c1-c1cccc(F)c1)n1nc(-c2cc3ccccc3s2)c2c(N)ncnc21. The van der Waals surface area contributed by atoms with Crippen LogP contribution in [0.15, 0.2) is 88.3 Å². The van der Waals surface area contributed by atoms with E-state index in [0.717, 1.165) is 15.0 Å². The molecule has 0 amide bonds. The van der Waals surface area contributed by atoms with Crippen LogP contribution >= 0.6 is 11.3 Å². The predicted molar refractivity (Wildman–Crippen MR) is 152 cm³/mol. The average Bonchev–Trinajstić information content (AvgIpc) is 3.55. The van der Waals surface area contributed by atoms with Crippen molar-refractivity contribution < 1.29 is 13.2 Å². The van der Waals surface area contributed by atoms with Gasteiger partial charge in [0.05, 0.1) is 15.8 Å². The number of benzene rings is 3. The number of nitrogens with zero attached hydrogens (tertiary/aromatic N) is 4. The van der Waals surface area contributed by atoms with E-state index in [1.165, 1.54) is 42.7 Å². The highest BCUT2D eigenvalue weighted by Crippen LogP contribution is 2.40. The van der Waals surface area contributed by atoms with E-state index in [4.69, 9.17) is 15.2 Å². The second-order valence-corrected chi connectivity index (χ2v) is 10.5. The number of nitrogen functional groups attached to an aromatic ring is 1. The summed E-state index contributed by atoms with van der Waals surface area (Å²) in [7, 11) is 0. The van der Waals surface area contributed by atoms with Gasteiger partial charge in [0.2, 0.25) is 5.43 Å². The molecule has 7 nitrogen and oxygen atoms in total. The summed E-state index contributed by atoms with van der Waals surface area (Å²) in [6, 6.07) is 19.0. The molecule has 0 aliphatic carbocycles. The van der Waals surface area contributed by atoms with Gasteiger partial charge in [0.25, 0.3) is 0 Å². The zero-order valence-corrected chi connectivity index (χ0v) is 21.7. The third-order valence-electron chi connectivity index (χ3n) is 6.93. The molecule has 0 spiro atoms. The Bertz CT molecular complexity index is 2140. The van der Waals surface area contributed by atoms with Crippen LogP contribution < -0.4 is 11.2 Å². The number of nitrogens with two attached hydrogens (primary N) is 1. The summed E-state index contributed by atoms with van der Waals surface area (Å²) >= 11 is 1.56. The molecule has 0 saturated carbocycles. The third-order valence-corrected chi connectivity index (χ3v) is 8.06. The lowest BCUT2D eigenvalue weighted by atomic mass is 9.99. The van der Waals surface area contributed by atoms with Crippen LogP contribution in [0.2, 0.25) is 0 Å². The van der Waals surface area contributed by atoms with Crippen molar-refractivity contribution in [1.29, 1.82) is 0 Å². The molecule has 0 fully saturated rings. The topological polar surface area (TPSA) is 99.8 Å². The molecular weight excluding hydrogens is 532 g/mol. The summed E-state index contributed by atoms with van der Waals surface area (Å²) in [4.78, 5) is 23.3. The van der Waals surface area contributed by atoms with E-state index >= 15 is 0 Å². The lowest BCUT2D eigenvalue weighted by Crippen LogP contribution is -2.17. The minimum absolute atomic E-state index is 0.0405. The molecule has 196 valence electrons. The quantitative estimate of drug-likeness (QED) is 0.254. The maximum absolute atomic E-state index is 14.8. The molecular formula is C30H19F2N5O2S. The maximum atomic E-state index is 14.8. The maximum Gasteiger partial charge on any atom is 0.203 e. The number of hydrogen-bond acceptors (Lipinski definition) is 7. The first-order chi connectivity index (χ1) is 19.4. The lowest BCUT2D eigenvalue weighted by Gasteiger charge is -2.17. The highest BCUT2D eigenvalue weighted by molar-refractivity contribution is 7.22. The standard InChI is InChI=1S/C30H19F2N5O2S/c1-15(28-23(17-7-4-8-18(31)12-17)27(38)24-19(32)9-5-10-20(24)39-28)37-30-25(29(33)34-14-35-30)26(36-37)22-13-16-6-2-3-11-21(16)40-22/h2-15H,1H3,(H2,33,34,35). The van der Waals surface area contributed by atoms with Gasteiger partial charge in [0.1, 0.15) is 52.2 Å². The molecule has 1 unspecified atom stereocenters. The fraction of sp³-hybridized carbons (Fsp3) is 0.0667. The predicted octanol–water partition coefficient (Wildman–Crippen LogP) is 6.95. The van der Waals surface area contributed by atoms with Gasteiger partial charge in [-0.15, -0.1) is 11.3 Å². The van der Waals surface area contributed by atoms with Gasteiger partial charge in [-0.1, -0.05) is 36.4 Å². The number of hydrogen-bond donors (Lipinski definition) is 1. The average molecular weight is 552 g/mol. The Morgan fingerprint density at radius 1 is 0.975 bits per heavy atom. The van der Waals surface area contributed by atoms with Gasteiger partial charge in [-0.25, -0.2) is 23.4 Å². The van der Waals surface area contributed by atoms with Crippen LogP contribution in [0, 0.1) is 11.6 Å². The fourth-order valence-electron chi connectivity index (χ4n) is 5.08. The summed E-state index contributed by atoms with van der Waals surface area (Å²) < 4.78 is 38.0. The Labute approximate surface area is 229 Å². The molecule has 2 N–H and O–H groups in total. The zero-order valence-electron chi connectivity index (χ0n) is 20.9. The Morgan fingerprint density at radius 2 is 1.80 bits per heavy atom. The van der Waals surface area contributed by atoms with E-state index in [9.17, 15) is 13.6 Å². The summed E-state index contributed by atoms with van der Waals surface area (Å²) in [6.45, 7) is 1.78. The third kappa shape index (κ3) is 3.68. The summed E-state index contributed by atoms with van der Waals surface area (Å²) in [5.41, 5.74) is 7.12. The molecule has 7 rings (SSSR count). The molecule has 40 heavy (non-hydrogen) atoms. The van der Waals surface area contributed by atoms with E-state index in [-0.39, 0.29) is 33.7 Å². The van der Waals surface area contributed by atoms with Gasteiger partial charge in [-0.05, 0) is 54.3 Å². The highest BCUT2D eigenvalue weighted by Gasteiger charge is 2.28. The first-order valence-corrected chi connectivity index (χ1v) is 13.2. The number of halogens is 2. The molecule has 3 aromatic carbocycles. The second-order valence-electron chi connectivity index (χ2n) is 9.37. The van der Waals surface area contributed by atoms with Crippen molar-refractivity contribution in [3.05, 3.63) is 107 Å². The fourth-order valence-corrected chi connectivity index (χ4v) is 6.13. The van der Waals surface area contributed by atoms with Gasteiger partial charge in [-0.3, -0.25) is 4.79 Å². The van der Waals surface area contributed by atoms with Gasteiger partial charge in [-0.2, -0.15) is 5.10 Å². The molecule has 4 aromatic heterocycles. The Balaban J connectivity index is 1.51. The van der Waals surface area contributed by atoms with Crippen molar-refractivity contribution in [3.63, 3.8) is 0 Å². The minimum Gasteiger partial charge on any atom is -0.458 e. The van der Waals surface area contributed by atoms with E-state index in [1.807, 2.05) is 30.3 Å². The highest BCUT2D eigenvalue weighted by atomic mass is 32.1. The van der Waals surface area contributed by atoms with Crippen molar-refractivity contribution in [2.75, 3.05) is 5.73 Å². The van der Waals surface area contributed by atoms with Gasteiger partial charge in [0, 0.05) is 4.70 Å². The van der Waals surface area contributed by atoms with Crippen molar-refractivity contribution in [2.24, 2.45) is 0 Å². The Morgan fingerprint density at radius 3 is 2.62 bits per heavy atom. The van der Waals surface area contributed by atoms with Crippen LogP contribution in [-0.2, 0) is 0 Å². The van der Waals surface area contributed by atoms with Crippen molar-refractivity contribution >= 4 is 49.2 Å². The van der Waals surface area contributed by atoms with Crippen molar-refractivity contribution in [1.82, 2.24) is 19.7 Å². The molecule has 7 aromatic rings. The molecule has 4 heterocycles.